The molecule has 0 radical (unpaired) electrons. The average Bonchev–Trinajstić information content (AvgIpc) is 2.53. The Bertz CT molecular complexity index is 455. The van der Waals surface area contributed by atoms with E-state index in [1.54, 1.807) is 0 Å². The molecule has 0 unspecified atom stereocenters. The molecule has 13 heavy (non-hydrogen) atoms. The van der Waals surface area contributed by atoms with E-state index in [2.05, 4.69) is 9.36 Å². The van der Waals surface area contributed by atoms with Gasteiger partial charge in [0.2, 0.25) is 0 Å². The maximum atomic E-state index is 10.8. The third kappa shape index (κ3) is 1.67. The topological polar surface area (TPSA) is 45.8 Å². The first-order valence-electron chi connectivity index (χ1n) is 3.89. The molecular weight excluding hydrogens is 184 g/mol. The normalized spacial score (nSPS) is 10.2. The van der Waals surface area contributed by atoms with Gasteiger partial charge in [0.15, 0.2) is 5.82 Å². The number of nitrogens with zero attached hydrogens (tertiary/aromatic N) is 1. The summed E-state index contributed by atoms with van der Waals surface area (Å²) in [5.41, 5.74) is 2.14. The molecule has 4 heteroatoms. The van der Waals surface area contributed by atoms with E-state index in [9.17, 15) is 4.79 Å². The second kappa shape index (κ2) is 3.14. The van der Waals surface area contributed by atoms with Crippen LogP contribution in [-0.4, -0.2) is 9.36 Å². The van der Waals surface area contributed by atoms with Crippen molar-refractivity contribution in [3.05, 3.63) is 39.5 Å². The fraction of sp³-hybridized carbons (Fsp3) is 0.111. The lowest BCUT2D eigenvalue weighted by molar-refractivity contribution is 1.28. The van der Waals surface area contributed by atoms with Crippen molar-refractivity contribution in [1.29, 1.82) is 0 Å². The Balaban J connectivity index is 2.47. The van der Waals surface area contributed by atoms with Gasteiger partial charge in [-0.1, -0.05) is 29.8 Å². The summed E-state index contributed by atoms with van der Waals surface area (Å²) in [6.45, 7) is 2.02. The van der Waals surface area contributed by atoms with Crippen LogP contribution in [0.25, 0.3) is 11.4 Å². The Kier molecular flexibility index (Phi) is 1.98. The summed E-state index contributed by atoms with van der Waals surface area (Å²) in [5, 5.41) is 0. The molecule has 0 spiro atoms. The minimum atomic E-state index is -0.115. The van der Waals surface area contributed by atoms with Crippen molar-refractivity contribution < 1.29 is 0 Å². The van der Waals surface area contributed by atoms with Gasteiger partial charge in [-0.3, -0.25) is 9.78 Å². The molecule has 0 aliphatic heterocycles. The van der Waals surface area contributed by atoms with E-state index in [4.69, 9.17) is 0 Å². The Morgan fingerprint density at radius 1 is 1.31 bits per heavy atom. The van der Waals surface area contributed by atoms with E-state index in [1.807, 2.05) is 31.2 Å². The van der Waals surface area contributed by atoms with Crippen LogP contribution in [-0.2, 0) is 0 Å². The molecule has 0 amide bonds. The standard InChI is InChI=1S/C9H8N2OS/c1-6-2-4-7(5-3-6)8-10-9(12)13-11-8/h2-5H,1H3,(H,10,11,12). The van der Waals surface area contributed by atoms with Gasteiger partial charge >= 0.3 is 4.87 Å². The maximum Gasteiger partial charge on any atom is 0.323 e. The number of H-pyrrole nitrogens is 1. The van der Waals surface area contributed by atoms with Crippen molar-refractivity contribution in [3.8, 4) is 11.4 Å². The van der Waals surface area contributed by atoms with Crippen LogP contribution in [0.15, 0.2) is 29.1 Å². The lowest BCUT2D eigenvalue weighted by atomic mass is 10.1. The van der Waals surface area contributed by atoms with Gasteiger partial charge in [0.05, 0.1) is 0 Å². The number of aromatic amines is 1. The number of benzene rings is 1. The summed E-state index contributed by atoms with van der Waals surface area (Å²) in [7, 11) is 0. The molecular formula is C9H8N2OS. The minimum absolute atomic E-state index is 0.115. The summed E-state index contributed by atoms with van der Waals surface area (Å²) >= 11 is 0.942. The number of rotatable bonds is 1. The van der Waals surface area contributed by atoms with Crippen molar-refractivity contribution in [2.75, 3.05) is 0 Å². The molecule has 1 heterocycles. The molecule has 0 saturated heterocycles. The van der Waals surface area contributed by atoms with Crippen molar-refractivity contribution in [2.24, 2.45) is 0 Å². The van der Waals surface area contributed by atoms with Crippen LogP contribution < -0.4 is 4.87 Å². The molecule has 2 aromatic rings. The van der Waals surface area contributed by atoms with Gasteiger partial charge in [0.1, 0.15) is 0 Å². The van der Waals surface area contributed by atoms with Crippen molar-refractivity contribution in [2.45, 2.75) is 6.92 Å². The van der Waals surface area contributed by atoms with Gasteiger partial charge in [-0.15, -0.1) is 0 Å². The number of hydrogen-bond acceptors (Lipinski definition) is 3. The molecule has 2 rings (SSSR count). The molecule has 3 nitrogen and oxygen atoms in total. The van der Waals surface area contributed by atoms with Crippen LogP contribution in [0.1, 0.15) is 5.56 Å². The summed E-state index contributed by atoms with van der Waals surface area (Å²) < 4.78 is 3.99. The molecule has 0 aliphatic carbocycles. The zero-order valence-electron chi connectivity index (χ0n) is 7.07. The van der Waals surface area contributed by atoms with Gasteiger partial charge in [-0.2, -0.15) is 4.37 Å². The molecule has 0 saturated carbocycles. The summed E-state index contributed by atoms with van der Waals surface area (Å²) in [6.07, 6.45) is 0. The van der Waals surface area contributed by atoms with Gasteiger partial charge < -0.3 is 0 Å². The highest BCUT2D eigenvalue weighted by atomic mass is 32.1. The van der Waals surface area contributed by atoms with E-state index in [0.717, 1.165) is 17.1 Å². The van der Waals surface area contributed by atoms with Crippen molar-refractivity contribution >= 4 is 11.5 Å². The second-order valence-corrected chi connectivity index (χ2v) is 3.55. The summed E-state index contributed by atoms with van der Waals surface area (Å²) in [5.74, 6) is 0.648. The average molecular weight is 192 g/mol. The highest BCUT2D eigenvalue weighted by Gasteiger charge is 2.00. The van der Waals surface area contributed by atoms with Gasteiger partial charge in [0.25, 0.3) is 0 Å². The number of aryl methyl sites for hydroxylation is 1. The van der Waals surface area contributed by atoms with Gasteiger partial charge in [0, 0.05) is 17.1 Å². The van der Waals surface area contributed by atoms with Crippen LogP contribution in [0.4, 0.5) is 0 Å². The highest BCUT2D eigenvalue weighted by molar-refractivity contribution is 7.03. The quantitative estimate of drug-likeness (QED) is 0.749. The molecule has 1 aromatic carbocycles. The summed E-state index contributed by atoms with van der Waals surface area (Å²) in [4.78, 5) is 13.4. The zero-order valence-corrected chi connectivity index (χ0v) is 7.89. The SMILES string of the molecule is Cc1ccc(-c2nsc(=O)[nH]2)cc1. The second-order valence-electron chi connectivity index (χ2n) is 2.81. The maximum absolute atomic E-state index is 10.8. The van der Waals surface area contributed by atoms with Crippen molar-refractivity contribution in [1.82, 2.24) is 9.36 Å². The number of nitrogens with one attached hydrogen (secondary N) is 1. The van der Waals surface area contributed by atoms with E-state index in [1.165, 1.54) is 5.56 Å². The Hall–Kier alpha value is -1.42. The molecule has 0 fully saturated rings. The van der Waals surface area contributed by atoms with E-state index in [-0.39, 0.29) is 4.87 Å². The third-order valence-electron chi connectivity index (χ3n) is 1.77. The van der Waals surface area contributed by atoms with Crippen LogP contribution >= 0.6 is 11.5 Å². The van der Waals surface area contributed by atoms with E-state index >= 15 is 0 Å². The summed E-state index contributed by atoms with van der Waals surface area (Å²) in [6, 6.07) is 7.88. The lowest BCUT2D eigenvalue weighted by Crippen LogP contribution is -1.92. The van der Waals surface area contributed by atoms with Crippen LogP contribution in [0.5, 0.6) is 0 Å². The Morgan fingerprint density at radius 3 is 2.54 bits per heavy atom. The first kappa shape index (κ1) is 8.19. The number of hydrogen-bond donors (Lipinski definition) is 1. The lowest BCUT2D eigenvalue weighted by Gasteiger charge is -1.95. The fourth-order valence-electron chi connectivity index (χ4n) is 1.07. The Labute approximate surface area is 79.2 Å². The molecule has 1 aromatic heterocycles. The molecule has 0 bridgehead atoms. The predicted octanol–water partition coefficient (Wildman–Crippen LogP) is 1.81. The van der Waals surface area contributed by atoms with Gasteiger partial charge in [-0.05, 0) is 6.92 Å². The van der Waals surface area contributed by atoms with Crippen molar-refractivity contribution in [3.63, 3.8) is 0 Å². The first-order valence-corrected chi connectivity index (χ1v) is 4.66. The third-order valence-corrected chi connectivity index (χ3v) is 2.31. The monoisotopic (exact) mass is 192 g/mol. The van der Waals surface area contributed by atoms with Gasteiger partial charge in [-0.25, -0.2) is 0 Å². The first-order chi connectivity index (χ1) is 6.25. The van der Waals surface area contributed by atoms with Crippen LogP contribution in [0.2, 0.25) is 0 Å². The zero-order chi connectivity index (χ0) is 9.26. The van der Waals surface area contributed by atoms with E-state index in [0.29, 0.717) is 5.82 Å². The highest BCUT2D eigenvalue weighted by Crippen LogP contribution is 2.14. The van der Waals surface area contributed by atoms with Crippen LogP contribution in [0, 0.1) is 6.92 Å². The minimum Gasteiger partial charge on any atom is -0.296 e. The largest absolute Gasteiger partial charge is 0.323 e. The predicted molar refractivity (Wildman–Crippen MR) is 52.9 cm³/mol. The smallest absolute Gasteiger partial charge is 0.296 e. The van der Waals surface area contributed by atoms with E-state index < -0.39 is 0 Å². The molecule has 0 aliphatic rings. The molecule has 0 atom stereocenters. The number of aromatic nitrogens is 2. The molecule has 1 N–H and O–H groups in total. The molecule has 66 valence electrons. The van der Waals surface area contributed by atoms with Crippen LogP contribution in [0.3, 0.4) is 0 Å². The Morgan fingerprint density at radius 2 is 2.00 bits per heavy atom. The fourth-order valence-corrected chi connectivity index (χ4v) is 1.53.